The fourth-order valence-corrected chi connectivity index (χ4v) is 2.80. The summed E-state index contributed by atoms with van der Waals surface area (Å²) in [4.78, 5) is 16.3. The van der Waals surface area contributed by atoms with Crippen LogP contribution in [0.2, 0.25) is 0 Å². The molecular weight excluding hydrogens is 238 g/mol. The molecule has 0 aliphatic heterocycles. The Balaban J connectivity index is 1.94. The predicted molar refractivity (Wildman–Crippen MR) is 77.1 cm³/mol. The van der Waals surface area contributed by atoms with Crippen LogP contribution in [-0.2, 0) is 4.79 Å². The van der Waals surface area contributed by atoms with E-state index >= 15 is 0 Å². The molecule has 1 heterocycles. The average Bonchev–Trinajstić information content (AvgIpc) is 2.42. The number of pyridine rings is 1. The third-order valence-corrected chi connectivity index (χ3v) is 4.04. The molecule has 1 aromatic heterocycles. The highest BCUT2D eigenvalue weighted by molar-refractivity contribution is 5.91. The Morgan fingerprint density at radius 2 is 2.05 bits per heavy atom. The number of anilines is 1. The van der Waals surface area contributed by atoms with Gasteiger partial charge in [-0.05, 0) is 38.9 Å². The van der Waals surface area contributed by atoms with Crippen molar-refractivity contribution in [3.05, 3.63) is 24.0 Å². The van der Waals surface area contributed by atoms with E-state index in [1.165, 1.54) is 19.3 Å². The third kappa shape index (κ3) is 3.77. The lowest BCUT2D eigenvalue weighted by atomic mass is 9.79. The number of hydrogen-bond acceptors (Lipinski definition) is 3. The highest BCUT2D eigenvalue weighted by atomic mass is 16.1. The summed E-state index contributed by atoms with van der Waals surface area (Å²) in [6, 6.07) is 3.80. The monoisotopic (exact) mass is 261 g/mol. The molecule has 1 saturated carbocycles. The molecule has 19 heavy (non-hydrogen) atoms. The van der Waals surface area contributed by atoms with Gasteiger partial charge in [0.2, 0.25) is 5.91 Å². The zero-order valence-corrected chi connectivity index (χ0v) is 11.8. The second-order valence-corrected chi connectivity index (χ2v) is 5.50. The lowest BCUT2D eigenvalue weighted by Crippen LogP contribution is -2.47. The van der Waals surface area contributed by atoms with Crippen molar-refractivity contribution in [2.24, 2.45) is 0 Å². The Labute approximate surface area is 115 Å². The van der Waals surface area contributed by atoms with Gasteiger partial charge >= 0.3 is 0 Å². The van der Waals surface area contributed by atoms with Crippen molar-refractivity contribution in [2.75, 3.05) is 12.4 Å². The van der Waals surface area contributed by atoms with Crippen LogP contribution in [0.15, 0.2) is 18.3 Å². The van der Waals surface area contributed by atoms with Crippen LogP contribution < -0.4 is 10.6 Å². The summed E-state index contributed by atoms with van der Waals surface area (Å²) < 4.78 is 0. The number of nitrogens with zero attached hydrogens (tertiary/aromatic N) is 1. The van der Waals surface area contributed by atoms with Crippen LogP contribution in [0.4, 0.5) is 5.69 Å². The molecule has 0 saturated heterocycles. The molecular formula is C15H23N3O. The van der Waals surface area contributed by atoms with E-state index in [2.05, 4.69) is 15.6 Å². The van der Waals surface area contributed by atoms with E-state index in [0.29, 0.717) is 6.42 Å². The van der Waals surface area contributed by atoms with Gasteiger partial charge in [-0.25, -0.2) is 0 Å². The minimum Gasteiger partial charge on any atom is -0.325 e. The first-order valence-electron chi connectivity index (χ1n) is 7.05. The largest absolute Gasteiger partial charge is 0.325 e. The van der Waals surface area contributed by atoms with Crippen molar-refractivity contribution in [1.29, 1.82) is 0 Å². The zero-order valence-electron chi connectivity index (χ0n) is 11.8. The average molecular weight is 261 g/mol. The lowest BCUT2D eigenvalue weighted by Gasteiger charge is -2.36. The first kappa shape index (κ1) is 14.0. The molecule has 0 radical (unpaired) electrons. The normalized spacial score (nSPS) is 18.0. The van der Waals surface area contributed by atoms with Gasteiger partial charge in [-0.2, -0.15) is 0 Å². The van der Waals surface area contributed by atoms with Gasteiger partial charge in [-0.15, -0.1) is 0 Å². The molecule has 0 bridgehead atoms. The topological polar surface area (TPSA) is 54.0 Å². The predicted octanol–water partition coefficient (Wildman–Crippen LogP) is 2.64. The van der Waals surface area contributed by atoms with Crippen molar-refractivity contribution in [3.8, 4) is 0 Å². The van der Waals surface area contributed by atoms with E-state index in [1.54, 1.807) is 6.20 Å². The molecule has 4 heteroatoms. The number of nitrogens with one attached hydrogen (secondary N) is 2. The summed E-state index contributed by atoms with van der Waals surface area (Å²) >= 11 is 0. The molecule has 2 rings (SSSR count). The van der Waals surface area contributed by atoms with Crippen molar-refractivity contribution in [2.45, 2.75) is 51.0 Å². The van der Waals surface area contributed by atoms with Gasteiger partial charge < -0.3 is 10.6 Å². The van der Waals surface area contributed by atoms with E-state index < -0.39 is 0 Å². The Morgan fingerprint density at radius 1 is 1.32 bits per heavy atom. The van der Waals surface area contributed by atoms with Crippen LogP contribution in [0.5, 0.6) is 0 Å². The van der Waals surface area contributed by atoms with Crippen molar-refractivity contribution in [3.63, 3.8) is 0 Å². The number of amides is 1. The molecule has 1 amide bonds. The highest BCUT2D eigenvalue weighted by Crippen LogP contribution is 2.30. The van der Waals surface area contributed by atoms with Gasteiger partial charge in [0.15, 0.2) is 0 Å². The van der Waals surface area contributed by atoms with Gasteiger partial charge in [0.25, 0.3) is 0 Å². The maximum Gasteiger partial charge on any atom is 0.226 e. The summed E-state index contributed by atoms with van der Waals surface area (Å²) in [5.74, 6) is 0.0712. The molecule has 104 valence electrons. The fourth-order valence-electron chi connectivity index (χ4n) is 2.80. The Bertz CT molecular complexity index is 422. The maximum atomic E-state index is 12.2. The minimum atomic E-state index is -0.0134. The van der Waals surface area contributed by atoms with Crippen LogP contribution in [0.1, 0.15) is 44.2 Å². The lowest BCUT2D eigenvalue weighted by molar-refractivity contribution is -0.117. The van der Waals surface area contributed by atoms with Gasteiger partial charge in [-0.1, -0.05) is 19.3 Å². The fraction of sp³-hybridized carbons (Fsp3) is 0.600. The Morgan fingerprint density at radius 3 is 2.63 bits per heavy atom. The van der Waals surface area contributed by atoms with Crippen LogP contribution in [0, 0.1) is 6.92 Å². The quantitative estimate of drug-likeness (QED) is 0.876. The molecule has 0 aromatic carbocycles. The molecule has 2 N–H and O–H groups in total. The van der Waals surface area contributed by atoms with E-state index in [0.717, 1.165) is 24.2 Å². The van der Waals surface area contributed by atoms with E-state index in [-0.39, 0.29) is 11.4 Å². The zero-order chi connectivity index (χ0) is 13.7. The van der Waals surface area contributed by atoms with E-state index in [4.69, 9.17) is 0 Å². The van der Waals surface area contributed by atoms with Gasteiger partial charge in [-0.3, -0.25) is 9.78 Å². The summed E-state index contributed by atoms with van der Waals surface area (Å²) in [5, 5.41) is 6.30. The molecule has 1 aromatic rings. The van der Waals surface area contributed by atoms with Crippen molar-refractivity contribution < 1.29 is 4.79 Å². The molecule has 0 unspecified atom stereocenters. The van der Waals surface area contributed by atoms with Crippen molar-refractivity contribution >= 4 is 11.6 Å². The number of carbonyl (C=O) groups excluding carboxylic acids is 1. The smallest absolute Gasteiger partial charge is 0.226 e. The van der Waals surface area contributed by atoms with Gasteiger partial charge in [0.05, 0.1) is 11.9 Å². The van der Waals surface area contributed by atoms with E-state index in [1.807, 2.05) is 26.1 Å². The molecule has 1 aliphatic rings. The van der Waals surface area contributed by atoms with Crippen LogP contribution in [-0.4, -0.2) is 23.5 Å². The molecule has 1 aliphatic carbocycles. The van der Waals surface area contributed by atoms with Gasteiger partial charge in [0, 0.05) is 17.7 Å². The van der Waals surface area contributed by atoms with E-state index in [9.17, 15) is 4.79 Å². The molecule has 1 fully saturated rings. The van der Waals surface area contributed by atoms with Crippen LogP contribution in [0.3, 0.4) is 0 Å². The molecule has 4 nitrogen and oxygen atoms in total. The summed E-state index contributed by atoms with van der Waals surface area (Å²) in [5.41, 5.74) is 1.72. The van der Waals surface area contributed by atoms with Crippen molar-refractivity contribution in [1.82, 2.24) is 10.3 Å². The maximum absolute atomic E-state index is 12.2. The standard InChI is InChI=1S/C15H23N3O/c1-12-6-7-13(11-17-12)18-14(19)10-15(16-2)8-4-3-5-9-15/h6-7,11,16H,3-5,8-10H2,1-2H3,(H,18,19). The van der Waals surface area contributed by atoms with Gasteiger partial charge in [0.1, 0.15) is 0 Å². The van der Waals surface area contributed by atoms with Crippen LogP contribution in [0.25, 0.3) is 0 Å². The van der Waals surface area contributed by atoms with Crippen LogP contribution >= 0.6 is 0 Å². The summed E-state index contributed by atoms with van der Waals surface area (Å²) in [6.45, 7) is 1.93. The number of aryl methyl sites for hydroxylation is 1. The number of carbonyl (C=O) groups is 1. The second kappa shape index (κ2) is 6.15. The molecule has 0 spiro atoms. The Hall–Kier alpha value is -1.42. The number of aromatic nitrogens is 1. The number of hydrogen-bond donors (Lipinski definition) is 2. The first-order chi connectivity index (χ1) is 9.13. The third-order valence-electron chi connectivity index (χ3n) is 4.04. The summed E-state index contributed by atoms with van der Waals surface area (Å²) in [7, 11) is 1.96. The second-order valence-electron chi connectivity index (χ2n) is 5.50. The number of rotatable bonds is 4. The Kier molecular flexibility index (Phi) is 4.53. The highest BCUT2D eigenvalue weighted by Gasteiger charge is 2.32. The SMILES string of the molecule is CNC1(CC(=O)Nc2ccc(C)nc2)CCCCC1. The molecule has 0 atom stereocenters. The summed E-state index contributed by atoms with van der Waals surface area (Å²) in [6.07, 6.45) is 8.12. The first-order valence-corrected chi connectivity index (χ1v) is 7.05. The minimum absolute atomic E-state index is 0.0134.